The van der Waals surface area contributed by atoms with Gasteiger partial charge in [0, 0.05) is 12.7 Å². The number of rotatable bonds is 6. The fourth-order valence-corrected chi connectivity index (χ4v) is 2.19. The largest absolute Gasteiger partial charge is 0.463 e. The smallest absolute Gasteiger partial charge is 0.191 e. The zero-order valence-corrected chi connectivity index (χ0v) is 17.6. The molecule has 0 aliphatic rings. The number of hydrogen-bond donors (Lipinski definition) is 3. The number of aromatic nitrogens is 1. The lowest BCUT2D eigenvalue weighted by atomic mass is 10.0. The molecule has 2 heterocycles. The highest BCUT2D eigenvalue weighted by Gasteiger charge is 2.27. The van der Waals surface area contributed by atoms with Crippen LogP contribution in [0, 0.1) is 6.92 Å². The summed E-state index contributed by atoms with van der Waals surface area (Å²) in [5.41, 5.74) is -0.184. The van der Waals surface area contributed by atoms with E-state index in [1.165, 1.54) is 0 Å². The molecule has 138 valence electrons. The summed E-state index contributed by atoms with van der Waals surface area (Å²) in [5.74, 6) is 1.89. The lowest BCUT2D eigenvalue weighted by Gasteiger charge is -2.22. The molecule has 1 atom stereocenters. The van der Waals surface area contributed by atoms with Crippen LogP contribution < -0.4 is 10.6 Å². The molecule has 2 rings (SSSR count). The average molecular weight is 479 g/mol. The van der Waals surface area contributed by atoms with Crippen molar-refractivity contribution in [3.05, 3.63) is 52.7 Å². The summed E-state index contributed by atoms with van der Waals surface area (Å²) >= 11 is 5.78. The molecule has 2 aromatic rings. The maximum Gasteiger partial charge on any atom is 0.191 e. The number of furan rings is 1. The van der Waals surface area contributed by atoms with Gasteiger partial charge in [-0.3, -0.25) is 0 Å². The highest BCUT2D eigenvalue weighted by Crippen LogP contribution is 2.21. The van der Waals surface area contributed by atoms with Crippen LogP contribution in [0.1, 0.15) is 30.9 Å². The highest BCUT2D eigenvalue weighted by atomic mass is 127. The Balaban J connectivity index is 0.00000312. The molecule has 0 radical (unpaired) electrons. The number of aryl methyl sites for hydroxylation is 1. The molecule has 25 heavy (non-hydrogen) atoms. The van der Waals surface area contributed by atoms with Crippen LogP contribution in [-0.4, -0.2) is 29.1 Å². The maximum atomic E-state index is 10.6. The van der Waals surface area contributed by atoms with E-state index in [4.69, 9.17) is 16.0 Å². The molecule has 0 aliphatic carbocycles. The molecule has 3 N–H and O–H groups in total. The molecular weight excluding hydrogens is 455 g/mol. The molecular formula is C17H24ClIN4O2. The number of aliphatic hydroxyl groups is 1. The van der Waals surface area contributed by atoms with Gasteiger partial charge in [0.15, 0.2) is 5.96 Å². The highest BCUT2D eigenvalue weighted by molar-refractivity contribution is 14.0. The second kappa shape index (κ2) is 9.98. The predicted molar refractivity (Wildman–Crippen MR) is 110 cm³/mol. The molecule has 6 nitrogen and oxygen atoms in total. The topological polar surface area (TPSA) is 82.7 Å². The Kier molecular flexibility index (Phi) is 8.67. The molecule has 0 spiro atoms. The van der Waals surface area contributed by atoms with Gasteiger partial charge < -0.3 is 20.2 Å². The van der Waals surface area contributed by atoms with Gasteiger partial charge >= 0.3 is 0 Å². The summed E-state index contributed by atoms with van der Waals surface area (Å²) in [6.45, 7) is 6.97. The Labute approximate surface area is 170 Å². The number of guanidine groups is 1. The first kappa shape index (κ1) is 21.7. The van der Waals surface area contributed by atoms with Crippen LogP contribution in [0.5, 0.6) is 0 Å². The normalized spacial score (nSPS) is 13.7. The van der Waals surface area contributed by atoms with Gasteiger partial charge in [0.25, 0.3) is 0 Å². The molecule has 0 amide bonds. The lowest BCUT2D eigenvalue weighted by molar-refractivity contribution is 0.0378. The number of hydrogen-bond acceptors (Lipinski definition) is 4. The van der Waals surface area contributed by atoms with Gasteiger partial charge in [0.2, 0.25) is 0 Å². The SMILES string of the molecule is CCNC(=NCc1ccc(Cl)nc1)NCC(C)(O)c1ccc(C)o1.I. The third kappa shape index (κ3) is 6.83. The van der Waals surface area contributed by atoms with E-state index in [0.717, 1.165) is 11.3 Å². The first-order valence-corrected chi connectivity index (χ1v) is 8.20. The molecule has 0 saturated carbocycles. The van der Waals surface area contributed by atoms with E-state index in [1.54, 1.807) is 25.3 Å². The maximum absolute atomic E-state index is 10.6. The molecule has 2 aromatic heterocycles. The van der Waals surface area contributed by atoms with Crippen LogP contribution in [0.4, 0.5) is 0 Å². The van der Waals surface area contributed by atoms with Gasteiger partial charge in [0.1, 0.15) is 22.3 Å². The van der Waals surface area contributed by atoms with E-state index < -0.39 is 5.60 Å². The summed E-state index contributed by atoms with van der Waals surface area (Å²) in [5, 5.41) is 17.3. The molecule has 0 aromatic carbocycles. The fraction of sp³-hybridized carbons (Fsp3) is 0.412. The minimum Gasteiger partial charge on any atom is -0.463 e. The molecule has 0 bridgehead atoms. The van der Waals surface area contributed by atoms with Gasteiger partial charge in [-0.15, -0.1) is 24.0 Å². The molecule has 0 saturated heterocycles. The van der Waals surface area contributed by atoms with Gasteiger partial charge in [-0.2, -0.15) is 0 Å². The number of pyridine rings is 1. The number of nitrogens with one attached hydrogen (secondary N) is 2. The first-order valence-electron chi connectivity index (χ1n) is 7.82. The van der Waals surface area contributed by atoms with Crippen LogP contribution in [0.15, 0.2) is 39.9 Å². The van der Waals surface area contributed by atoms with Crippen molar-refractivity contribution in [2.24, 2.45) is 4.99 Å². The van der Waals surface area contributed by atoms with Crippen molar-refractivity contribution >= 4 is 41.5 Å². The van der Waals surface area contributed by atoms with E-state index in [2.05, 4.69) is 20.6 Å². The monoisotopic (exact) mass is 478 g/mol. The summed E-state index contributed by atoms with van der Waals surface area (Å²) < 4.78 is 5.51. The lowest BCUT2D eigenvalue weighted by Crippen LogP contribution is -2.44. The van der Waals surface area contributed by atoms with E-state index in [9.17, 15) is 5.11 Å². The molecule has 0 aliphatic heterocycles. The number of nitrogens with zero attached hydrogens (tertiary/aromatic N) is 2. The minimum atomic E-state index is -1.13. The van der Waals surface area contributed by atoms with Crippen molar-refractivity contribution in [2.75, 3.05) is 13.1 Å². The molecule has 1 unspecified atom stereocenters. The Morgan fingerprint density at radius 1 is 1.32 bits per heavy atom. The van der Waals surface area contributed by atoms with Crippen LogP contribution in [0.25, 0.3) is 0 Å². The summed E-state index contributed by atoms with van der Waals surface area (Å²) in [6, 6.07) is 7.22. The Morgan fingerprint density at radius 3 is 2.64 bits per heavy atom. The van der Waals surface area contributed by atoms with Crippen molar-refractivity contribution in [1.82, 2.24) is 15.6 Å². The van der Waals surface area contributed by atoms with Crippen molar-refractivity contribution in [3.63, 3.8) is 0 Å². The standard InChI is InChI=1S/C17H23ClN4O2.HI/c1-4-19-16(21-10-13-6-8-15(18)20-9-13)22-11-17(3,23)14-7-5-12(2)24-14;/h5-9,23H,4,10-11H2,1-3H3,(H2,19,21,22);1H. The summed E-state index contributed by atoms with van der Waals surface area (Å²) in [7, 11) is 0. The van der Waals surface area contributed by atoms with Gasteiger partial charge in [-0.25, -0.2) is 9.98 Å². The summed E-state index contributed by atoms with van der Waals surface area (Å²) in [4.78, 5) is 8.52. The predicted octanol–water partition coefficient (Wildman–Crippen LogP) is 3.22. The zero-order chi connectivity index (χ0) is 17.6. The van der Waals surface area contributed by atoms with Crippen LogP contribution >= 0.6 is 35.6 Å². The Hall–Kier alpha value is -1.32. The second-order valence-electron chi connectivity index (χ2n) is 5.72. The fourth-order valence-electron chi connectivity index (χ4n) is 2.08. The van der Waals surface area contributed by atoms with Crippen LogP contribution in [0.2, 0.25) is 5.15 Å². The Bertz CT molecular complexity index is 686. The zero-order valence-electron chi connectivity index (χ0n) is 14.5. The molecule has 0 fully saturated rings. The van der Waals surface area contributed by atoms with Gasteiger partial charge in [0.05, 0.1) is 13.1 Å². The van der Waals surface area contributed by atoms with E-state index in [0.29, 0.717) is 30.0 Å². The van der Waals surface area contributed by atoms with E-state index in [1.807, 2.05) is 26.0 Å². The van der Waals surface area contributed by atoms with Crippen molar-refractivity contribution in [2.45, 2.75) is 32.9 Å². The van der Waals surface area contributed by atoms with E-state index in [-0.39, 0.29) is 30.5 Å². The third-order valence-electron chi connectivity index (χ3n) is 3.42. The second-order valence-corrected chi connectivity index (χ2v) is 6.11. The number of halogens is 2. The van der Waals surface area contributed by atoms with E-state index >= 15 is 0 Å². The number of aliphatic imine (C=N–C) groups is 1. The first-order chi connectivity index (χ1) is 11.4. The van der Waals surface area contributed by atoms with Crippen molar-refractivity contribution < 1.29 is 9.52 Å². The quantitative estimate of drug-likeness (QED) is 0.257. The van der Waals surface area contributed by atoms with Crippen LogP contribution in [0.3, 0.4) is 0 Å². The third-order valence-corrected chi connectivity index (χ3v) is 3.65. The average Bonchev–Trinajstić information content (AvgIpc) is 2.99. The van der Waals surface area contributed by atoms with Crippen LogP contribution in [-0.2, 0) is 12.1 Å². The Morgan fingerprint density at radius 2 is 2.08 bits per heavy atom. The van der Waals surface area contributed by atoms with Gasteiger partial charge in [-0.05, 0) is 44.5 Å². The van der Waals surface area contributed by atoms with Crippen molar-refractivity contribution in [3.8, 4) is 0 Å². The minimum absolute atomic E-state index is 0. The van der Waals surface area contributed by atoms with Gasteiger partial charge in [-0.1, -0.05) is 17.7 Å². The summed E-state index contributed by atoms with van der Waals surface area (Å²) in [6.07, 6.45) is 1.69. The van der Waals surface area contributed by atoms with Crippen molar-refractivity contribution in [1.29, 1.82) is 0 Å². The molecule has 8 heteroatoms.